The lowest BCUT2D eigenvalue weighted by Crippen LogP contribution is -2.57. The molecular weight excluding hydrogens is 486 g/mol. The number of carboxylic acids is 2. The molecule has 0 saturated carbocycles. The summed E-state index contributed by atoms with van der Waals surface area (Å²) in [6.07, 6.45) is -6.70. The molecule has 16 nitrogen and oxygen atoms in total. The van der Waals surface area contributed by atoms with Crippen molar-refractivity contribution >= 4 is 17.8 Å². The number of imidazole rings is 1. The van der Waals surface area contributed by atoms with Gasteiger partial charge in [0, 0.05) is 12.1 Å². The number of hydrogen-bond donors (Lipinski definition) is 9. The number of aromatic amines is 1. The number of aromatic nitrogens is 3. The molecule has 0 unspecified atom stereocenters. The first-order valence-electron chi connectivity index (χ1n) is 10.5. The normalized spacial score (nSPS) is 25.0. The van der Waals surface area contributed by atoms with E-state index in [0.717, 1.165) is 12.4 Å². The van der Waals surface area contributed by atoms with Gasteiger partial charge in [0.1, 0.15) is 35.9 Å². The molecule has 2 aromatic rings. The predicted molar refractivity (Wildman–Crippen MR) is 116 cm³/mol. The highest BCUT2D eigenvalue weighted by Crippen LogP contribution is 2.31. The first-order chi connectivity index (χ1) is 16.8. The fourth-order valence-corrected chi connectivity index (χ4v) is 3.71. The van der Waals surface area contributed by atoms with Crippen LogP contribution < -0.4 is 16.7 Å². The standard InChI is InChI=1S/C20H25N5O11/c1-6(12(27)8-3-2-7(26)4-22-8)10(21)16(30)24-11(19(33)34)15-13(28)14(29)17(36-15)25-5-9(18(31)32)23-20(25)35/h2-6,10-15,17,26-29H,21H2,1H3,(H,23,35)(H,24,30)(H,31,32)(H,33,34)/t6-,10-,11-,12+,13-,14+,15+,17+/m0/s1. The van der Waals surface area contributed by atoms with E-state index in [-0.39, 0.29) is 11.4 Å². The van der Waals surface area contributed by atoms with Gasteiger partial charge in [0.15, 0.2) is 12.3 Å². The minimum absolute atomic E-state index is 0.0940. The summed E-state index contributed by atoms with van der Waals surface area (Å²) in [5.41, 5.74) is 4.45. The summed E-state index contributed by atoms with van der Waals surface area (Å²) < 4.78 is 6.00. The summed E-state index contributed by atoms with van der Waals surface area (Å²) in [7, 11) is 0. The van der Waals surface area contributed by atoms with E-state index in [1.54, 1.807) is 0 Å². The van der Waals surface area contributed by atoms with Gasteiger partial charge >= 0.3 is 17.6 Å². The molecule has 2 aromatic heterocycles. The Balaban J connectivity index is 1.76. The zero-order valence-electron chi connectivity index (χ0n) is 18.6. The fraction of sp³-hybridized carbons (Fsp3) is 0.450. The van der Waals surface area contributed by atoms with Crippen molar-refractivity contribution in [1.29, 1.82) is 0 Å². The van der Waals surface area contributed by atoms with Gasteiger partial charge in [0.25, 0.3) is 0 Å². The highest BCUT2D eigenvalue weighted by atomic mass is 16.6. The molecule has 1 saturated heterocycles. The smallest absolute Gasteiger partial charge is 0.353 e. The number of ether oxygens (including phenoxy) is 1. The van der Waals surface area contributed by atoms with Crippen molar-refractivity contribution in [3.63, 3.8) is 0 Å². The molecule has 196 valence electrons. The molecule has 36 heavy (non-hydrogen) atoms. The molecule has 10 N–H and O–H groups in total. The van der Waals surface area contributed by atoms with Crippen LogP contribution in [0.2, 0.25) is 0 Å². The summed E-state index contributed by atoms with van der Waals surface area (Å²) in [5.74, 6) is -5.35. The zero-order valence-corrected chi connectivity index (χ0v) is 18.6. The van der Waals surface area contributed by atoms with E-state index in [0.29, 0.717) is 4.57 Å². The number of rotatable bonds is 9. The molecule has 0 bridgehead atoms. The van der Waals surface area contributed by atoms with Crippen LogP contribution in [-0.4, -0.2) is 93.4 Å². The van der Waals surface area contributed by atoms with Crippen LogP contribution in [0.1, 0.15) is 35.4 Å². The van der Waals surface area contributed by atoms with Gasteiger partial charge in [-0.3, -0.25) is 19.3 Å². The Bertz CT molecular complexity index is 1180. The Kier molecular flexibility index (Phi) is 7.75. The van der Waals surface area contributed by atoms with Crippen LogP contribution in [-0.2, 0) is 14.3 Å². The number of aliphatic carboxylic acids is 1. The van der Waals surface area contributed by atoms with Gasteiger partial charge in [-0.05, 0) is 12.1 Å². The topological polar surface area (TPSA) is 271 Å². The van der Waals surface area contributed by atoms with Crippen LogP contribution in [0.5, 0.6) is 5.75 Å². The summed E-state index contributed by atoms with van der Waals surface area (Å²) in [5, 5.41) is 61.3. The molecule has 16 heteroatoms. The lowest BCUT2D eigenvalue weighted by molar-refractivity contribution is -0.149. The summed E-state index contributed by atoms with van der Waals surface area (Å²) in [4.78, 5) is 53.6. The maximum atomic E-state index is 12.7. The average Bonchev–Trinajstić information content (AvgIpc) is 3.35. The van der Waals surface area contributed by atoms with Gasteiger partial charge in [-0.25, -0.2) is 14.4 Å². The first-order valence-corrected chi connectivity index (χ1v) is 10.5. The second-order valence-electron chi connectivity index (χ2n) is 8.25. The molecule has 1 amide bonds. The number of carbonyl (C=O) groups excluding carboxylic acids is 1. The molecule has 1 fully saturated rings. The number of H-pyrrole nitrogens is 1. The quantitative estimate of drug-likeness (QED) is 0.161. The third-order valence-corrected chi connectivity index (χ3v) is 5.86. The van der Waals surface area contributed by atoms with E-state index in [2.05, 4.69) is 10.3 Å². The maximum absolute atomic E-state index is 12.7. The van der Waals surface area contributed by atoms with E-state index >= 15 is 0 Å². The molecule has 0 aliphatic carbocycles. The second kappa shape index (κ2) is 10.4. The number of amides is 1. The van der Waals surface area contributed by atoms with Crippen LogP contribution in [0.4, 0.5) is 0 Å². The Morgan fingerprint density at radius 3 is 2.42 bits per heavy atom. The van der Waals surface area contributed by atoms with Crippen LogP contribution >= 0.6 is 0 Å². The van der Waals surface area contributed by atoms with E-state index in [1.807, 2.05) is 4.98 Å². The summed E-state index contributed by atoms with van der Waals surface area (Å²) >= 11 is 0. The first kappa shape index (κ1) is 26.8. The highest BCUT2D eigenvalue weighted by molar-refractivity contribution is 5.87. The van der Waals surface area contributed by atoms with E-state index < -0.39 is 77.9 Å². The number of aliphatic hydroxyl groups excluding tert-OH is 3. The van der Waals surface area contributed by atoms with Gasteiger partial charge in [0.05, 0.1) is 17.9 Å². The van der Waals surface area contributed by atoms with Crippen LogP contribution in [0, 0.1) is 5.92 Å². The molecule has 3 heterocycles. The van der Waals surface area contributed by atoms with Crippen molar-refractivity contribution in [1.82, 2.24) is 19.9 Å². The minimum atomic E-state index is -1.96. The highest BCUT2D eigenvalue weighted by Gasteiger charge is 2.50. The third-order valence-electron chi connectivity index (χ3n) is 5.86. The van der Waals surface area contributed by atoms with Gasteiger partial charge in [-0.15, -0.1) is 0 Å². The Labute approximate surface area is 201 Å². The van der Waals surface area contributed by atoms with Crippen molar-refractivity contribution in [2.45, 2.75) is 49.7 Å². The molecule has 0 radical (unpaired) electrons. The van der Waals surface area contributed by atoms with Gasteiger partial charge in [0.2, 0.25) is 5.91 Å². The molecule has 1 aliphatic heterocycles. The third kappa shape index (κ3) is 5.21. The number of hydrogen-bond acceptors (Lipinski definition) is 11. The number of nitrogens with two attached hydrogens (primary N) is 1. The Hall–Kier alpha value is -3.83. The van der Waals surface area contributed by atoms with Gasteiger partial charge in [-0.1, -0.05) is 6.92 Å². The second-order valence-corrected chi connectivity index (χ2v) is 8.25. The van der Waals surface area contributed by atoms with Crippen molar-refractivity contribution in [3.8, 4) is 5.75 Å². The number of aliphatic hydroxyl groups is 3. The number of aromatic carboxylic acids is 1. The van der Waals surface area contributed by atoms with Crippen molar-refractivity contribution in [2.75, 3.05) is 0 Å². The number of aromatic hydroxyl groups is 1. The largest absolute Gasteiger partial charge is 0.506 e. The molecule has 3 rings (SSSR count). The SMILES string of the molecule is C[C@@H]([C@H](N)C(=O)N[C@H](C(=O)O)[C@H]1O[C@@H](n2cc(C(=O)O)[nH]c2=O)[C@H](O)[C@@H]1O)[C@@H](O)c1ccc(O)cn1. The van der Waals surface area contributed by atoms with E-state index in [9.17, 15) is 44.7 Å². The molecule has 0 spiro atoms. The molecule has 0 aromatic carbocycles. The van der Waals surface area contributed by atoms with Crippen molar-refractivity contribution in [2.24, 2.45) is 11.7 Å². The number of carbonyl (C=O) groups is 3. The van der Waals surface area contributed by atoms with E-state index in [4.69, 9.17) is 15.6 Å². The Morgan fingerprint density at radius 1 is 1.22 bits per heavy atom. The number of nitrogens with one attached hydrogen (secondary N) is 2. The monoisotopic (exact) mass is 511 g/mol. The number of pyridine rings is 1. The predicted octanol–water partition coefficient (Wildman–Crippen LogP) is -3.14. The number of carboxylic acid groups (broad SMARTS) is 2. The van der Waals surface area contributed by atoms with Crippen LogP contribution in [0.15, 0.2) is 29.3 Å². The number of nitrogens with zero attached hydrogens (tertiary/aromatic N) is 2. The fourth-order valence-electron chi connectivity index (χ4n) is 3.71. The van der Waals surface area contributed by atoms with E-state index in [1.165, 1.54) is 19.1 Å². The van der Waals surface area contributed by atoms with Gasteiger partial charge < -0.3 is 46.4 Å². The van der Waals surface area contributed by atoms with Crippen LogP contribution in [0.3, 0.4) is 0 Å². The average molecular weight is 511 g/mol. The van der Waals surface area contributed by atoms with Crippen LogP contribution in [0.25, 0.3) is 0 Å². The lowest BCUT2D eigenvalue weighted by atomic mass is 9.92. The summed E-state index contributed by atoms with van der Waals surface area (Å²) in [6.45, 7) is 1.40. The van der Waals surface area contributed by atoms with Gasteiger partial charge in [-0.2, -0.15) is 0 Å². The Morgan fingerprint density at radius 2 is 1.89 bits per heavy atom. The zero-order chi connectivity index (χ0) is 26.9. The minimum Gasteiger partial charge on any atom is -0.506 e. The van der Waals surface area contributed by atoms with Crippen molar-refractivity contribution < 1.29 is 49.8 Å². The molecule has 8 atom stereocenters. The summed E-state index contributed by atoms with van der Waals surface area (Å²) in [6, 6.07) is -0.852. The maximum Gasteiger partial charge on any atom is 0.353 e. The molecule has 1 aliphatic rings. The van der Waals surface area contributed by atoms with Crippen molar-refractivity contribution in [3.05, 3.63) is 46.4 Å². The molecular formula is C20H25N5O11. The lowest BCUT2D eigenvalue weighted by Gasteiger charge is -2.28.